The summed E-state index contributed by atoms with van der Waals surface area (Å²) in [5, 5.41) is 24.7. The molecule has 0 fully saturated rings. The van der Waals surface area contributed by atoms with Gasteiger partial charge in [-0.25, -0.2) is 0 Å². The van der Waals surface area contributed by atoms with Crippen LogP contribution in [0.4, 0.5) is 0 Å². The van der Waals surface area contributed by atoms with Crippen molar-refractivity contribution >= 4 is 22.5 Å². The highest BCUT2D eigenvalue weighted by molar-refractivity contribution is 8.15. The topological polar surface area (TPSA) is 67.9 Å². The molecule has 0 atom stereocenters. The van der Waals surface area contributed by atoms with Crippen molar-refractivity contribution in [2.24, 2.45) is 0 Å². The van der Waals surface area contributed by atoms with Gasteiger partial charge in [0.1, 0.15) is 10.8 Å². The van der Waals surface area contributed by atoms with Crippen molar-refractivity contribution in [1.29, 1.82) is 10.8 Å². The van der Waals surface area contributed by atoms with Gasteiger partial charge in [-0.1, -0.05) is 0 Å². The molecular formula is C10H12N2OS. The minimum Gasteiger partial charge on any atom is -0.508 e. The summed E-state index contributed by atoms with van der Waals surface area (Å²) in [5.74, 6) is 0.138. The summed E-state index contributed by atoms with van der Waals surface area (Å²) in [6, 6.07) is 4.91. The molecule has 0 saturated carbocycles. The molecule has 3 N–H and O–H groups in total. The van der Waals surface area contributed by atoms with Crippen molar-refractivity contribution in [3.63, 3.8) is 0 Å². The average molecular weight is 208 g/mol. The first-order chi connectivity index (χ1) is 6.54. The Morgan fingerprint density at radius 3 is 2.43 bits per heavy atom. The third kappa shape index (κ3) is 2.35. The lowest BCUT2D eigenvalue weighted by Crippen LogP contribution is -2.09. The number of hydrogen-bond donors (Lipinski definition) is 3. The minimum absolute atomic E-state index is 0.138. The molecule has 0 radical (unpaired) electrons. The number of nitrogens with one attached hydrogen (secondary N) is 2. The molecule has 0 saturated heterocycles. The van der Waals surface area contributed by atoms with Crippen molar-refractivity contribution in [2.75, 3.05) is 6.26 Å². The molecule has 0 heterocycles. The van der Waals surface area contributed by atoms with E-state index in [2.05, 4.69) is 0 Å². The van der Waals surface area contributed by atoms with Crippen molar-refractivity contribution in [1.82, 2.24) is 0 Å². The first-order valence-corrected chi connectivity index (χ1v) is 5.29. The smallest absolute Gasteiger partial charge is 0.116 e. The number of phenols is 1. The fourth-order valence-corrected chi connectivity index (χ4v) is 1.46. The first kappa shape index (κ1) is 10.8. The molecule has 0 aliphatic rings. The van der Waals surface area contributed by atoms with Gasteiger partial charge in [0.25, 0.3) is 0 Å². The molecule has 0 aromatic heterocycles. The summed E-state index contributed by atoms with van der Waals surface area (Å²) in [4.78, 5) is 0. The standard InChI is InChI=1S/C10H12N2OS/c1-6-3-7(5-8(13)4-6)9(11)10(12)14-2/h3-5,11-13H,1-2H3. The molecule has 1 aromatic rings. The van der Waals surface area contributed by atoms with E-state index >= 15 is 0 Å². The van der Waals surface area contributed by atoms with E-state index in [0.29, 0.717) is 5.56 Å². The van der Waals surface area contributed by atoms with Gasteiger partial charge in [-0.15, -0.1) is 11.8 Å². The second kappa shape index (κ2) is 4.28. The molecule has 74 valence electrons. The SMILES string of the molecule is CSC(=N)C(=N)c1cc(C)cc(O)c1. The van der Waals surface area contributed by atoms with Crippen LogP contribution >= 0.6 is 11.8 Å². The summed E-state index contributed by atoms with van der Waals surface area (Å²) in [6.45, 7) is 1.85. The molecule has 1 rings (SSSR count). The summed E-state index contributed by atoms with van der Waals surface area (Å²) in [5.41, 5.74) is 1.62. The Balaban J connectivity index is 3.07. The van der Waals surface area contributed by atoms with Crippen LogP contribution < -0.4 is 0 Å². The molecule has 3 nitrogen and oxygen atoms in total. The maximum absolute atomic E-state index is 9.32. The van der Waals surface area contributed by atoms with Crippen molar-refractivity contribution in [3.05, 3.63) is 29.3 Å². The van der Waals surface area contributed by atoms with Gasteiger partial charge in [-0.2, -0.15) is 0 Å². The molecule has 1 aromatic carbocycles. The zero-order valence-corrected chi connectivity index (χ0v) is 8.90. The van der Waals surface area contributed by atoms with Gasteiger partial charge in [0, 0.05) is 5.56 Å². The average Bonchev–Trinajstić information content (AvgIpc) is 2.14. The molecule has 14 heavy (non-hydrogen) atoms. The lowest BCUT2D eigenvalue weighted by atomic mass is 10.1. The fourth-order valence-electron chi connectivity index (χ4n) is 1.14. The number of hydrogen-bond acceptors (Lipinski definition) is 4. The summed E-state index contributed by atoms with van der Waals surface area (Å²) in [7, 11) is 0. The van der Waals surface area contributed by atoms with Crippen molar-refractivity contribution < 1.29 is 5.11 Å². The third-order valence-corrected chi connectivity index (χ3v) is 2.39. The van der Waals surface area contributed by atoms with Gasteiger partial charge in [-0.3, -0.25) is 10.8 Å². The van der Waals surface area contributed by atoms with Crippen LogP contribution in [-0.4, -0.2) is 22.1 Å². The molecular weight excluding hydrogens is 196 g/mol. The van der Waals surface area contributed by atoms with Gasteiger partial charge >= 0.3 is 0 Å². The summed E-state index contributed by atoms with van der Waals surface area (Å²) in [6.07, 6.45) is 1.76. The Morgan fingerprint density at radius 2 is 1.93 bits per heavy atom. The van der Waals surface area contributed by atoms with Crippen LogP contribution in [-0.2, 0) is 0 Å². The van der Waals surface area contributed by atoms with E-state index in [4.69, 9.17) is 10.8 Å². The third-order valence-electron chi connectivity index (χ3n) is 1.78. The van der Waals surface area contributed by atoms with Crippen molar-refractivity contribution in [3.8, 4) is 5.75 Å². The lowest BCUT2D eigenvalue weighted by Gasteiger charge is -2.05. The molecule has 0 amide bonds. The van der Waals surface area contributed by atoms with E-state index in [0.717, 1.165) is 5.56 Å². The number of benzene rings is 1. The van der Waals surface area contributed by atoms with Crippen LogP contribution in [0.15, 0.2) is 18.2 Å². The largest absolute Gasteiger partial charge is 0.508 e. The Bertz CT molecular complexity index is 367. The quantitative estimate of drug-likeness (QED) is 0.516. The van der Waals surface area contributed by atoms with E-state index < -0.39 is 0 Å². The zero-order valence-electron chi connectivity index (χ0n) is 8.09. The Kier molecular flexibility index (Phi) is 3.30. The zero-order chi connectivity index (χ0) is 10.7. The molecule has 0 aliphatic heterocycles. The summed E-state index contributed by atoms with van der Waals surface area (Å²) < 4.78 is 0. The van der Waals surface area contributed by atoms with E-state index in [1.165, 1.54) is 17.8 Å². The van der Waals surface area contributed by atoms with Crippen molar-refractivity contribution in [2.45, 2.75) is 6.92 Å². The Morgan fingerprint density at radius 1 is 1.29 bits per heavy atom. The minimum atomic E-state index is 0.138. The first-order valence-electron chi connectivity index (χ1n) is 4.07. The van der Waals surface area contributed by atoms with Crippen LogP contribution in [0.5, 0.6) is 5.75 Å². The predicted octanol–water partition coefficient (Wildman–Crippen LogP) is 2.41. The maximum atomic E-state index is 9.32. The van der Waals surface area contributed by atoms with Gasteiger partial charge in [0.15, 0.2) is 0 Å². The molecule has 0 bridgehead atoms. The van der Waals surface area contributed by atoms with Crippen LogP contribution in [0.1, 0.15) is 11.1 Å². The highest BCUT2D eigenvalue weighted by Gasteiger charge is 2.08. The van der Waals surface area contributed by atoms with Gasteiger partial charge in [0.05, 0.1) is 5.71 Å². The summed E-state index contributed by atoms with van der Waals surface area (Å²) >= 11 is 1.22. The van der Waals surface area contributed by atoms with Crippen LogP contribution in [0.3, 0.4) is 0 Å². The Hall–Kier alpha value is -1.29. The van der Waals surface area contributed by atoms with Crippen LogP contribution in [0, 0.1) is 17.7 Å². The second-order valence-corrected chi connectivity index (χ2v) is 3.78. The molecule has 4 heteroatoms. The normalized spacial score (nSPS) is 9.86. The fraction of sp³-hybridized carbons (Fsp3) is 0.200. The number of phenolic OH excluding ortho intramolecular Hbond substituents is 1. The molecule has 0 aliphatic carbocycles. The highest BCUT2D eigenvalue weighted by atomic mass is 32.2. The molecule has 0 spiro atoms. The monoisotopic (exact) mass is 208 g/mol. The van der Waals surface area contributed by atoms with E-state index in [-0.39, 0.29) is 16.5 Å². The highest BCUT2D eigenvalue weighted by Crippen LogP contribution is 2.17. The van der Waals surface area contributed by atoms with E-state index in [1.807, 2.05) is 6.92 Å². The number of aromatic hydroxyl groups is 1. The number of thioether (sulfide) groups is 1. The van der Waals surface area contributed by atoms with E-state index in [9.17, 15) is 5.11 Å². The predicted molar refractivity (Wildman–Crippen MR) is 60.9 cm³/mol. The van der Waals surface area contributed by atoms with E-state index in [1.54, 1.807) is 18.4 Å². The second-order valence-electron chi connectivity index (χ2n) is 2.97. The lowest BCUT2D eigenvalue weighted by molar-refractivity contribution is 0.475. The van der Waals surface area contributed by atoms with Crippen LogP contribution in [0.25, 0.3) is 0 Å². The van der Waals surface area contributed by atoms with Crippen LogP contribution in [0.2, 0.25) is 0 Å². The Labute approximate surface area is 87.2 Å². The maximum Gasteiger partial charge on any atom is 0.116 e. The molecule has 0 unspecified atom stereocenters. The van der Waals surface area contributed by atoms with Gasteiger partial charge in [0.2, 0.25) is 0 Å². The number of aryl methyl sites for hydroxylation is 1. The van der Waals surface area contributed by atoms with Gasteiger partial charge < -0.3 is 5.11 Å². The van der Waals surface area contributed by atoms with Gasteiger partial charge in [-0.05, 0) is 36.9 Å². The number of rotatable bonds is 2.